The molecule has 1 aromatic heterocycles. The van der Waals surface area contributed by atoms with Crippen LogP contribution < -0.4 is 5.32 Å². The minimum absolute atomic E-state index is 0.283. The number of nitrogens with zero attached hydrogens (tertiary/aromatic N) is 3. The first kappa shape index (κ1) is 9.26. The van der Waals surface area contributed by atoms with Crippen LogP contribution in [-0.2, 0) is 7.05 Å². The maximum Gasteiger partial charge on any atom is 0.270 e. The van der Waals surface area contributed by atoms with E-state index >= 15 is 0 Å². The zero-order valence-corrected chi connectivity index (χ0v) is 7.48. The summed E-state index contributed by atoms with van der Waals surface area (Å²) in [5.41, 5.74) is 0.446. The minimum atomic E-state index is -0.484. The normalized spacial score (nSPS) is 11.8. The van der Waals surface area contributed by atoms with E-state index in [1.807, 2.05) is 6.07 Å². The number of aryl methyl sites for hydroxylation is 1. The number of carbonyl (C=O) groups excluding carboxylic acids is 1. The van der Waals surface area contributed by atoms with Gasteiger partial charge in [0.25, 0.3) is 5.91 Å². The van der Waals surface area contributed by atoms with Gasteiger partial charge in [-0.2, -0.15) is 5.26 Å². The molecule has 1 aromatic rings. The van der Waals surface area contributed by atoms with Gasteiger partial charge in [-0.25, -0.2) is 4.98 Å². The van der Waals surface area contributed by atoms with E-state index in [1.165, 1.54) is 12.5 Å². The average Bonchev–Trinajstić information content (AvgIpc) is 2.51. The van der Waals surface area contributed by atoms with Crippen molar-refractivity contribution < 1.29 is 4.79 Å². The molecule has 0 saturated carbocycles. The molecule has 0 aliphatic heterocycles. The van der Waals surface area contributed by atoms with E-state index in [4.69, 9.17) is 5.26 Å². The van der Waals surface area contributed by atoms with Crippen LogP contribution in [0, 0.1) is 11.3 Å². The maximum absolute atomic E-state index is 11.4. The standard InChI is InChI=1S/C8H10N4O/c1-6(3-9)11-8(13)7-4-10-5-12(7)2/h4-6H,1-2H3,(H,11,13)/t6-/m1/s1. The Labute approximate surface area is 76.0 Å². The van der Waals surface area contributed by atoms with Gasteiger partial charge in [0.2, 0.25) is 0 Å². The summed E-state index contributed by atoms with van der Waals surface area (Å²) in [6, 6.07) is 1.43. The lowest BCUT2D eigenvalue weighted by Crippen LogP contribution is -2.32. The maximum atomic E-state index is 11.4. The summed E-state index contributed by atoms with van der Waals surface area (Å²) in [6.45, 7) is 1.62. The van der Waals surface area contributed by atoms with Gasteiger partial charge in [-0.15, -0.1) is 0 Å². The van der Waals surface area contributed by atoms with Crippen LogP contribution in [0.3, 0.4) is 0 Å². The topological polar surface area (TPSA) is 70.7 Å². The van der Waals surface area contributed by atoms with Crippen LogP contribution in [0.1, 0.15) is 17.4 Å². The number of carbonyl (C=O) groups is 1. The van der Waals surface area contributed by atoms with E-state index in [1.54, 1.807) is 18.5 Å². The smallest absolute Gasteiger partial charge is 0.270 e. The summed E-state index contributed by atoms with van der Waals surface area (Å²) in [4.78, 5) is 15.2. The Morgan fingerprint density at radius 1 is 1.85 bits per heavy atom. The van der Waals surface area contributed by atoms with E-state index < -0.39 is 6.04 Å². The van der Waals surface area contributed by atoms with Crippen LogP contribution in [0.2, 0.25) is 0 Å². The first-order chi connectivity index (χ1) is 6.15. The Kier molecular flexibility index (Phi) is 2.65. The van der Waals surface area contributed by atoms with Gasteiger partial charge in [-0.1, -0.05) is 0 Å². The van der Waals surface area contributed by atoms with Gasteiger partial charge in [0.1, 0.15) is 11.7 Å². The van der Waals surface area contributed by atoms with E-state index in [0.717, 1.165) is 0 Å². The second kappa shape index (κ2) is 3.72. The van der Waals surface area contributed by atoms with Crippen LogP contribution in [-0.4, -0.2) is 21.5 Å². The van der Waals surface area contributed by atoms with Crippen LogP contribution in [0.4, 0.5) is 0 Å². The van der Waals surface area contributed by atoms with Crippen molar-refractivity contribution in [1.29, 1.82) is 5.26 Å². The minimum Gasteiger partial charge on any atom is -0.335 e. The predicted octanol–water partition coefficient (Wildman–Crippen LogP) is 0.0620. The van der Waals surface area contributed by atoms with E-state index in [-0.39, 0.29) is 5.91 Å². The molecule has 5 heteroatoms. The SMILES string of the molecule is C[C@H](C#N)NC(=O)c1cncn1C. The molecule has 1 atom stereocenters. The third-order valence-electron chi connectivity index (χ3n) is 1.59. The van der Waals surface area contributed by atoms with Crippen LogP contribution in [0.25, 0.3) is 0 Å². The summed E-state index contributed by atoms with van der Waals surface area (Å²) in [5.74, 6) is -0.283. The molecule has 0 saturated heterocycles. The summed E-state index contributed by atoms with van der Waals surface area (Å²) in [5, 5.41) is 11.0. The number of hydrogen-bond donors (Lipinski definition) is 1. The Balaban J connectivity index is 2.71. The van der Waals surface area contributed by atoms with Gasteiger partial charge in [0, 0.05) is 7.05 Å². The molecular formula is C8H10N4O. The zero-order valence-electron chi connectivity index (χ0n) is 7.48. The third-order valence-corrected chi connectivity index (χ3v) is 1.59. The van der Waals surface area contributed by atoms with Gasteiger partial charge in [0.15, 0.2) is 0 Å². The van der Waals surface area contributed by atoms with Gasteiger partial charge in [-0.05, 0) is 6.92 Å². The number of rotatable bonds is 2. The highest BCUT2D eigenvalue weighted by molar-refractivity contribution is 5.92. The van der Waals surface area contributed by atoms with Crippen molar-refractivity contribution in [2.24, 2.45) is 7.05 Å². The molecule has 0 unspecified atom stereocenters. The lowest BCUT2D eigenvalue weighted by atomic mass is 10.3. The zero-order chi connectivity index (χ0) is 9.84. The lowest BCUT2D eigenvalue weighted by molar-refractivity contribution is 0.0939. The van der Waals surface area contributed by atoms with Crippen LogP contribution in [0.15, 0.2) is 12.5 Å². The summed E-state index contributed by atoms with van der Waals surface area (Å²) >= 11 is 0. The average molecular weight is 178 g/mol. The third kappa shape index (κ3) is 2.06. The van der Waals surface area contributed by atoms with Crippen molar-refractivity contribution in [2.75, 3.05) is 0 Å². The number of amides is 1. The molecule has 68 valence electrons. The molecule has 13 heavy (non-hydrogen) atoms. The fourth-order valence-electron chi connectivity index (χ4n) is 0.879. The van der Waals surface area contributed by atoms with Gasteiger partial charge in [-0.3, -0.25) is 4.79 Å². The van der Waals surface area contributed by atoms with E-state index in [0.29, 0.717) is 5.69 Å². The Bertz CT molecular complexity index is 349. The molecule has 5 nitrogen and oxygen atoms in total. The Hall–Kier alpha value is -1.83. The monoisotopic (exact) mass is 178 g/mol. The summed E-state index contributed by atoms with van der Waals surface area (Å²) < 4.78 is 1.60. The molecule has 1 amide bonds. The first-order valence-corrected chi connectivity index (χ1v) is 3.82. The fraction of sp³-hybridized carbons (Fsp3) is 0.375. The molecule has 0 bridgehead atoms. The van der Waals surface area contributed by atoms with E-state index in [9.17, 15) is 4.79 Å². The van der Waals surface area contributed by atoms with Gasteiger partial charge >= 0.3 is 0 Å². The van der Waals surface area contributed by atoms with Crippen molar-refractivity contribution >= 4 is 5.91 Å². The largest absolute Gasteiger partial charge is 0.335 e. The summed E-state index contributed by atoms with van der Waals surface area (Å²) in [6.07, 6.45) is 2.99. The Morgan fingerprint density at radius 3 is 3.00 bits per heavy atom. The summed E-state index contributed by atoms with van der Waals surface area (Å²) in [7, 11) is 1.72. The molecule has 0 aromatic carbocycles. The molecule has 0 aliphatic carbocycles. The van der Waals surface area contributed by atoms with Crippen LogP contribution >= 0.6 is 0 Å². The second-order valence-corrected chi connectivity index (χ2v) is 2.71. The first-order valence-electron chi connectivity index (χ1n) is 3.82. The second-order valence-electron chi connectivity index (χ2n) is 2.71. The highest BCUT2D eigenvalue weighted by Crippen LogP contribution is 1.96. The van der Waals surface area contributed by atoms with E-state index in [2.05, 4.69) is 10.3 Å². The van der Waals surface area contributed by atoms with Crippen molar-refractivity contribution in [3.63, 3.8) is 0 Å². The van der Waals surface area contributed by atoms with Crippen LogP contribution in [0.5, 0.6) is 0 Å². The molecular weight excluding hydrogens is 168 g/mol. The molecule has 1 rings (SSSR count). The fourth-order valence-corrected chi connectivity index (χ4v) is 0.879. The molecule has 1 N–H and O–H groups in total. The van der Waals surface area contributed by atoms with Crippen molar-refractivity contribution in [1.82, 2.24) is 14.9 Å². The van der Waals surface area contributed by atoms with Crippen molar-refractivity contribution in [3.8, 4) is 6.07 Å². The number of imidazole rings is 1. The highest BCUT2D eigenvalue weighted by Gasteiger charge is 2.11. The molecule has 0 aliphatic rings. The number of hydrogen-bond acceptors (Lipinski definition) is 3. The number of nitrogens with one attached hydrogen (secondary N) is 1. The van der Waals surface area contributed by atoms with Crippen molar-refractivity contribution in [2.45, 2.75) is 13.0 Å². The quantitative estimate of drug-likeness (QED) is 0.696. The molecule has 0 spiro atoms. The highest BCUT2D eigenvalue weighted by atomic mass is 16.2. The lowest BCUT2D eigenvalue weighted by Gasteiger charge is -2.05. The van der Waals surface area contributed by atoms with Crippen molar-refractivity contribution in [3.05, 3.63) is 18.2 Å². The predicted molar refractivity (Wildman–Crippen MR) is 45.7 cm³/mol. The molecule has 0 fully saturated rings. The molecule has 1 heterocycles. The molecule has 0 radical (unpaired) electrons. The Morgan fingerprint density at radius 2 is 2.54 bits per heavy atom. The van der Waals surface area contributed by atoms with Gasteiger partial charge in [0.05, 0.1) is 18.6 Å². The van der Waals surface area contributed by atoms with Gasteiger partial charge < -0.3 is 9.88 Å². The number of nitriles is 1. The number of aromatic nitrogens is 2.